The number of rotatable bonds is 3. The molecule has 1 aliphatic rings. The van der Waals surface area contributed by atoms with Crippen molar-refractivity contribution < 1.29 is 14.3 Å². The van der Waals surface area contributed by atoms with E-state index in [1.165, 1.54) is 0 Å². The maximum Gasteiger partial charge on any atom is 0.253 e. The first-order valence-electron chi connectivity index (χ1n) is 7.77. The van der Waals surface area contributed by atoms with E-state index in [4.69, 9.17) is 9.47 Å². The lowest BCUT2D eigenvalue weighted by Crippen LogP contribution is -2.38. The summed E-state index contributed by atoms with van der Waals surface area (Å²) in [5.74, 6) is 0.835. The molecular formula is C19H21NO3. The van der Waals surface area contributed by atoms with Gasteiger partial charge in [0.25, 0.3) is 5.91 Å². The molecule has 3 rings (SSSR count). The first-order valence-corrected chi connectivity index (χ1v) is 7.77. The van der Waals surface area contributed by atoms with Crippen LogP contribution in [-0.4, -0.2) is 25.7 Å². The number of anilines is 1. The number of amides is 1. The maximum atomic E-state index is 12.3. The molecule has 2 aromatic carbocycles. The monoisotopic (exact) mass is 311 g/mol. The van der Waals surface area contributed by atoms with Gasteiger partial charge in [0.05, 0.1) is 19.4 Å². The van der Waals surface area contributed by atoms with Crippen LogP contribution in [0.4, 0.5) is 5.69 Å². The lowest BCUT2D eigenvalue weighted by molar-refractivity contribution is -0.123. The Hall–Kier alpha value is -2.33. The summed E-state index contributed by atoms with van der Waals surface area (Å²) in [6.07, 6.45) is 0. The lowest BCUT2D eigenvalue weighted by atomic mass is 10.0. The van der Waals surface area contributed by atoms with Gasteiger partial charge in [-0.25, -0.2) is 0 Å². The van der Waals surface area contributed by atoms with Crippen molar-refractivity contribution in [1.29, 1.82) is 0 Å². The number of fused-ring (bicyclic) bond motifs is 1. The van der Waals surface area contributed by atoms with E-state index < -0.39 is 0 Å². The number of hydrogen-bond donors (Lipinski definition) is 0. The molecule has 0 radical (unpaired) electrons. The summed E-state index contributed by atoms with van der Waals surface area (Å²) in [4.78, 5) is 14.2. The maximum absolute atomic E-state index is 12.3. The predicted molar refractivity (Wildman–Crippen MR) is 90.7 cm³/mol. The number of carbonyl (C=O) groups is 1. The van der Waals surface area contributed by atoms with E-state index in [9.17, 15) is 4.79 Å². The van der Waals surface area contributed by atoms with E-state index >= 15 is 0 Å². The van der Waals surface area contributed by atoms with Gasteiger partial charge in [-0.2, -0.15) is 0 Å². The summed E-state index contributed by atoms with van der Waals surface area (Å²) >= 11 is 0. The van der Waals surface area contributed by atoms with Crippen LogP contribution in [0.5, 0.6) is 5.75 Å². The molecule has 0 spiro atoms. The second-order valence-corrected chi connectivity index (χ2v) is 5.92. The van der Waals surface area contributed by atoms with E-state index in [0.717, 1.165) is 28.1 Å². The molecule has 0 aromatic heterocycles. The molecular weight excluding hydrogens is 290 g/mol. The van der Waals surface area contributed by atoms with Gasteiger partial charge < -0.3 is 14.4 Å². The highest BCUT2D eigenvalue weighted by molar-refractivity contribution is 5.96. The normalized spacial score (nSPS) is 14.6. The first-order chi connectivity index (χ1) is 11.1. The number of nitrogens with zero attached hydrogens (tertiary/aromatic N) is 1. The fourth-order valence-electron chi connectivity index (χ4n) is 2.89. The zero-order valence-electron chi connectivity index (χ0n) is 13.7. The van der Waals surface area contributed by atoms with Gasteiger partial charge in [-0.3, -0.25) is 4.79 Å². The van der Waals surface area contributed by atoms with Crippen molar-refractivity contribution in [3.63, 3.8) is 0 Å². The summed E-state index contributed by atoms with van der Waals surface area (Å²) in [6, 6.07) is 14.2. The quantitative estimate of drug-likeness (QED) is 0.869. The van der Waals surface area contributed by atoms with Crippen molar-refractivity contribution in [3.8, 4) is 16.9 Å². The predicted octanol–water partition coefficient (Wildman–Crippen LogP) is 3.63. The molecule has 4 nitrogen and oxygen atoms in total. The van der Waals surface area contributed by atoms with Crippen LogP contribution < -0.4 is 9.64 Å². The van der Waals surface area contributed by atoms with Gasteiger partial charge in [-0.1, -0.05) is 24.3 Å². The van der Waals surface area contributed by atoms with Gasteiger partial charge in [0.2, 0.25) is 0 Å². The van der Waals surface area contributed by atoms with Crippen molar-refractivity contribution in [2.24, 2.45) is 0 Å². The average Bonchev–Trinajstić information content (AvgIpc) is 2.72. The van der Waals surface area contributed by atoms with Crippen LogP contribution in [0.1, 0.15) is 19.4 Å². The molecule has 1 heterocycles. The molecule has 4 heteroatoms. The van der Waals surface area contributed by atoms with Gasteiger partial charge in [0.15, 0.2) is 0 Å². The minimum Gasteiger partial charge on any atom is -0.497 e. The van der Waals surface area contributed by atoms with E-state index in [-0.39, 0.29) is 18.6 Å². The molecule has 1 aliphatic heterocycles. The van der Waals surface area contributed by atoms with Gasteiger partial charge in [-0.15, -0.1) is 0 Å². The molecule has 0 N–H and O–H groups in total. The van der Waals surface area contributed by atoms with Gasteiger partial charge in [0.1, 0.15) is 12.4 Å². The van der Waals surface area contributed by atoms with Crippen LogP contribution in [0.15, 0.2) is 42.5 Å². The van der Waals surface area contributed by atoms with Gasteiger partial charge >= 0.3 is 0 Å². The van der Waals surface area contributed by atoms with E-state index in [1.807, 2.05) is 49.1 Å². The summed E-state index contributed by atoms with van der Waals surface area (Å²) in [5.41, 5.74) is 4.15. The fourth-order valence-corrected chi connectivity index (χ4v) is 2.89. The molecule has 0 saturated carbocycles. The molecule has 0 fully saturated rings. The summed E-state index contributed by atoms with van der Waals surface area (Å²) in [5, 5.41) is 0. The summed E-state index contributed by atoms with van der Waals surface area (Å²) in [6.45, 7) is 4.64. The number of hydrogen-bond acceptors (Lipinski definition) is 3. The van der Waals surface area contributed by atoms with Crippen molar-refractivity contribution in [2.75, 3.05) is 18.6 Å². The number of carbonyl (C=O) groups excluding carboxylic acids is 1. The van der Waals surface area contributed by atoms with Crippen molar-refractivity contribution in [3.05, 3.63) is 48.0 Å². The largest absolute Gasteiger partial charge is 0.497 e. The number of ether oxygens (including phenoxy) is 2. The molecule has 1 amide bonds. The van der Waals surface area contributed by atoms with Gasteiger partial charge in [0, 0.05) is 11.6 Å². The molecule has 0 saturated heterocycles. The highest BCUT2D eigenvalue weighted by Crippen LogP contribution is 2.32. The van der Waals surface area contributed by atoms with Crippen LogP contribution >= 0.6 is 0 Å². The Balaban J connectivity index is 2.05. The van der Waals surface area contributed by atoms with Crippen molar-refractivity contribution in [2.45, 2.75) is 26.5 Å². The minimum atomic E-state index is 0.00521. The molecule has 23 heavy (non-hydrogen) atoms. The molecule has 0 atom stereocenters. The van der Waals surface area contributed by atoms with Crippen LogP contribution in [0, 0.1) is 0 Å². The molecule has 120 valence electrons. The Morgan fingerprint density at radius 2 is 1.74 bits per heavy atom. The zero-order chi connectivity index (χ0) is 16.4. The van der Waals surface area contributed by atoms with Crippen LogP contribution in [0.3, 0.4) is 0 Å². The van der Waals surface area contributed by atoms with E-state index in [0.29, 0.717) is 6.61 Å². The zero-order valence-corrected chi connectivity index (χ0v) is 13.7. The average molecular weight is 311 g/mol. The number of benzene rings is 2. The standard InChI is InChI=1S/C19H21NO3/c1-13(2)20-18-10-15(14-6-8-17(22-3)9-7-14)4-5-16(18)11-23-12-19(20)21/h4-10,13H,11-12H2,1-3H3. The van der Waals surface area contributed by atoms with Crippen LogP contribution in [0.2, 0.25) is 0 Å². The first kappa shape index (κ1) is 15.6. The SMILES string of the molecule is COc1ccc(-c2ccc3c(c2)N(C(C)C)C(=O)COC3)cc1. The lowest BCUT2D eigenvalue weighted by Gasteiger charge is -2.27. The van der Waals surface area contributed by atoms with Crippen molar-refractivity contribution >= 4 is 11.6 Å². The fraction of sp³-hybridized carbons (Fsp3) is 0.316. The highest BCUT2D eigenvalue weighted by atomic mass is 16.5. The summed E-state index contributed by atoms with van der Waals surface area (Å²) in [7, 11) is 1.66. The second kappa shape index (κ2) is 6.42. The third-order valence-corrected chi connectivity index (χ3v) is 4.04. The van der Waals surface area contributed by atoms with Crippen LogP contribution in [0.25, 0.3) is 11.1 Å². The Morgan fingerprint density at radius 3 is 2.39 bits per heavy atom. The Kier molecular flexibility index (Phi) is 4.35. The Labute approximate surface area is 136 Å². The van der Waals surface area contributed by atoms with E-state index in [1.54, 1.807) is 7.11 Å². The second-order valence-electron chi connectivity index (χ2n) is 5.92. The van der Waals surface area contributed by atoms with Crippen LogP contribution in [-0.2, 0) is 16.1 Å². The Morgan fingerprint density at radius 1 is 1.04 bits per heavy atom. The third-order valence-electron chi connectivity index (χ3n) is 4.04. The summed E-state index contributed by atoms with van der Waals surface area (Å²) < 4.78 is 10.7. The number of methoxy groups -OCH3 is 1. The van der Waals surface area contributed by atoms with E-state index in [2.05, 4.69) is 12.1 Å². The minimum absolute atomic E-state index is 0.00521. The third kappa shape index (κ3) is 3.08. The highest BCUT2D eigenvalue weighted by Gasteiger charge is 2.25. The smallest absolute Gasteiger partial charge is 0.253 e. The van der Waals surface area contributed by atoms with Gasteiger partial charge in [-0.05, 0) is 43.2 Å². The molecule has 0 unspecified atom stereocenters. The molecule has 0 bridgehead atoms. The topological polar surface area (TPSA) is 38.8 Å². The molecule has 0 aliphatic carbocycles. The Bertz CT molecular complexity index is 707. The molecule has 2 aromatic rings. The van der Waals surface area contributed by atoms with Crippen molar-refractivity contribution in [1.82, 2.24) is 0 Å².